The first-order valence-electron chi connectivity index (χ1n) is 10.7. The molecule has 4 rings (SSSR count). The number of carbonyl (C=O) groups excluding carboxylic acids is 1. The molecule has 170 valence electrons. The zero-order valence-corrected chi connectivity index (χ0v) is 20.4. The number of nitrogens with zero attached hydrogens (tertiary/aromatic N) is 5. The molecule has 2 aromatic heterocycles. The van der Waals surface area contributed by atoms with Gasteiger partial charge >= 0.3 is 0 Å². The predicted molar refractivity (Wildman–Crippen MR) is 134 cm³/mol. The van der Waals surface area contributed by atoms with E-state index >= 15 is 0 Å². The second-order valence-electron chi connectivity index (χ2n) is 7.19. The Labute approximate surface area is 201 Å². The lowest BCUT2D eigenvalue weighted by molar-refractivity contribution is -0.115. The maximum Gasteiger partial charge on any atom is 0.277 e. The fourth-order valence-electron chi connectivity index (χ4n) is 3.39. The van der Waals surface area contributed by atoms with E-state index in [0.717, 1.165) is 30.0 Å². The first kappa shape index (κ1) is 23.0. The van der Waals surface area contributed by atoms with Crippen molar-refractivity contribution in [1.29, 1.82) is 0 Å². The van der Waals surface area contributed by atoms with Crippen LogP contribution in [0.1, 0.15) is 26.5 Å². The van der Waals surface area contributed by atoms with E-state index in [1.165, 1.54) is 35.7 Å². The van der Waals surface area contributed by atoms with Crippen molar-refractivity contribution in [2.24, 2.45) is 0 Å². The smallest absolute Gasteiger partial charge is 0.277 e. The Balaban J connectivity index is 1.41. The molecular weight excluding hydrogens is 454 g/mol. The summed E-state index contributed by atoms with van der Waals surface area (Å²) in [4.78, 5) is 20.8. The van der Waals surface area contributed by atoms with Gasteiger partial charge in [-0.1, -0.05) is 30.0 Å². The molecule has 0 fully saturated rings. The van der Waals surface area contributed by atoms with Gasteiger partial charge in [-0.2, -0.15) is 0 Å². The number of carbonyl (C=O) groups is 1. The molecule has 33 heavy (non-hydrogen) atoms. The Hall–Kier alpha value is -3.17. The Bertz CT molecular complexity index is 1190. The van der Waals surface area contributed by atoms with Crippen LogP contribution in [0.2, 0.25) is 0 Å². The average molecular weight is 480 g/mol. The van der Waals surface area contributed by atoms with Crippen LogP contribution in [0.4, 0.5) is 16.5 Å². The number of rotatable bonds is 9. The first-order chi connectivity index (χ1) is 16.1. The number of aromatic nitrogens is 3. The minimum absolute atomic E-state index is 0.0803. The minimum Gasteiger partial charge on any atom is -0.411 e. The van der Waals surface area contributed by atoms with Crippen molar-refractivity contribution >= 4 is 45.5 Å². The van der Waals surface area contributed by atoms with Gasteiger partial charge in [-0.25, -0.2) is 4.98 Å². The van der Waals surface area contributed by atoms with Crippen molar-refractivity contribution in [1.82, 2.24) is 15.2 Å². The summed E-state index contributed by atoms with van der Waals surface area (Å²) in [7, 11) is 0. The zero-order chi connectivity index (χ0) is 23.2. The van der Waals surface area contributed by atoms with E-state index < -0.39 is 0 Å². The van der Waals surface area contributed by atoms with Crippen LogP contribution < -0.4 is 9.80 Å². The van der Waals surface area contributed by atoms with Gasteiger partial charge in [0, 0.05) is 42.4 Å². The van der Waals surface area contributed by atoms with Gasteiger partial charge in [-0.05, 0) is 50.2 Å². The van der Waals surface area contributed by atoms with E-state index in [9.17, 15) is 4.79 Å². The van der Waals surface area contributed by atoms with Gasteiger partial charge in [-0.3, -0.25) is 9.69 Å². The van der Waals surface area contributed by atoms with E-state index in [-0.39, 0.29) is 5.91 Å². The minimum atomic E-state index is -0.0803. The lowest BCUT2D eigenvalue weighted by Crippen LogP contribution is -2.22. The first-order valence-corrected chi connectivity index (χ1v) is 12.6. The van der Waals surface area contributed by atoms with Crippen molar-refractivity contribution in [2.45, 2.75) is 31.7 Å². The highest BCUT2D eigenvalue weighted by Gasteiger charge is 2.18. The van der Waals surface area contributed by atoms with Gasteiger partial charge in [0.2, 0.25) is 11.8 Å². The lowest BCUT2D eigenvalue weighted by atomic mass is 10.2. The molecule has 0 saturated heterocycles. The molecule has 0 spiro atoms. The van der Waals surface area contributed by atoms with Crippen LogP contribution in [0.3, 0.4) is 0 Å². The normalized spacial score (nSPS) is 10.9. The highest BCUT2D eigenvalue weighted by molar-refractivity contribution is 7.98. The second-order valence-corrected chi connectivity index (χ2v) is 8.96. The molecule has 0 aliphatic carbocycles. The number of amides is 1. The second kappa shape index (κ2) is 10.6. The molecule has 9 heteroatoms. The van der Waals surface area contributed by atoms with Gasteiger partial charge in [0.05, 0.1) is 11.4 Å². The highest BCUT2D eigenvalue weighted by Crippen LogP contribution is 2.32. The number of thioether (sulfide) groups is 1. The Morgan fingerprint density at radius 2 is 1.73 bits per heavy atom. The number of hydrogen-bond donors (Lipinski definition) is 0. The van der Waals surface area contributed by atoms with Crippen molar-refractivity contribution in [3.63, 3.8) is 0 Å². The number of thiazole rings is 1. The molecule has 7 nitrogen and oxygen atoms in total. The molecule has 0 N–H and O–H groups in total. The van der Waals surface area contributed by atoms with E-state index in [1.807, 2.05) is 47.8 Å². The molecule has 0 aliphatic heterocycles. The van der Waals surface area contributed by atoms with Gasteiger partial charge in [0.1, 0.15) is 0 Å². The van der Waals surface area contributed by atoms with Crippen LogP contribution in [-0.4, -0.2) is 34.2 Å². The largest absolute Gasteiger partial charge is 0.411 e. The van der Waals surface area contributed by atoms with Crippen molar-refractivity contribution in [2.75, 3.05) is 22.9 Å². The van der Waals surface area contributed by atoms with Crippen LogP contribution in [0.25, 0.3) is 11.5 Å². The van der Waals surface area contributed by atoms with Crippen molar-refractivity contribution in [3.05, 3.63) is 65.7 Å². The summed E-state index contributed by atoms with van der Waals surface area (Å²) in [6, 6.07) is 17.7. The molecule has 1 amide bonds. The van der Waals surface area contributed by atoms with Crippen molar-refractivity contribution in [3.8, 4) is 11.5 Å². The Morgan fingerprint density at radius 3 is 2.39 bits per heavy atom. The van der Waals surface area contributed by atoms with Crippen LogP contribution in [0, 0.1) is 0 Å². The number of hydrogen-bond acceptors (Lipinski definition) is 8. The SMILES string of the molecule is CCN(CC)c1ccc(-c2nnc(SCc3csc(N(C(C)=O)c4ccccc4)n3)o2)cc1. The predicted octanol–water partition coefficient (Wildman–Crippen LogP) is 6.02. The average Bonchev–Trinajstić information content (AvgIpc) is 3.50. The molecule has 0 unspecified atom stereocenters. The zero-order valence-electron chi connectivity index (χ0n) is 18.8. The van der Waals surface area contributed by atoms with Crippen LogP contribution >= 0.6 is 23.1 Å². The maximum absolute atomic E-state index is 12.2. The molecule has 0 aliphatic rings. The summed E-state index contributed by atoms with van der Waals surface area (Å²) in [6.45, 7) is 7.75. The molecule has 4 aromatic rings. The third kappa shape index (κ3) is 5.43. The quantitative estimate of drug-likeness (QED) is 0.272. The number of benzene rings is 2. The maximum atomic E-state index is 12.2. The van der Waals surface area contributed by atoms with E-state index in [0.29, 0.717) is 22.0 Å². The van der Waals surface area contributed by atoms with Gasteiger partial charge in [-0.15, -0.1) is 21.5 Å². The third-order valence-corrected chi connectivity index (χ3v) is 6.78. The standard InChI is InChI=1S/C24H25N5O2S2/c1-4-28(5-2)20-13-11-18(12-14-20)22-26-27-24(31-22)33-16-19-15-32-23(25-19)29(17(3)30)21-9-7-6-8-10-21/h6-15H,4-5,16H2,1-3H3. The molecule has 0 bridgehead atoms. The molecule has 0 saturated carbocycles. The monoisotopic (exact) mass is 479 g/mol. The summed E-state index contributed by atoms with van der Waals surface area (Å²) < 4.78 is 5.84. The molecule has 2 heterocycles. The summed E-state index contributed by atoms with van der Waals surface area (Å²) in [5.41, 5.74) is 3.71. The van der Waals surface area contributed by atoms with E-state index in [1.54, 1.807) is 4.90 Å². The van der Waals surface area contributed by atoms with Gasteiger partial charge in [0.15, 0.2) is 5.13 Å². The Kier molecular flexibility index (Phi) is 7.41. The van der Waals surface area contributed by atoms with E-state index in [2.05, 4.69) is 46.1 Å². The number of para-hydroxylation sites is 1. The number of anilines is 3. The Morgan fingerprint density at radius 1 is 1.00 bits per heavy atom. The highest BCUT2D eigenvalue weighted by atomic mass is 32.2. The van der Waals surface area contributed by atoms with Crippen molar-refractivity contribution < 1.29 is 9.21 Å². The topological polar surface area (TPSA) is 75.4 Å². The third-order valence-electron chi connectivity index (χ3n) is 5.05. The summed E-state index contributed by atoms with van der Waals surface area (Å²) in [6.07, 6.45) is 0. The molecule has 2 aromatic carbocycles. The fourth-order valence-corrected chi connectivity index (χ4v) is 5.04. The lowest BCUT2D eigenvalue weighted by Gasteiger charge is -2.20. The van der Waals surface area contributed by atoms with E-state index in [4.69, 9.17) is 4.42 Å². The molecular formula is C24H25N5O2S2. The fraction of sp³-hybridized carbons (Fsp3) is 0.250. The van der Waals surface area contributed by atoms with Gasteiger partial charge in [0.25, 0.3) is 5.22 Å². The summed E-state index contributed by atoms with van der Waals surface area (Å²) in [5, 5.41) is 11.4. The molecule has 0 atom stereocenters. The summed E-state index contributed by atoms with van der Waals surface area (Å²) in [5.74, 6) is 0.984. The molecule has 0 radical (unpaired) electrons. The van der Waals surface area contributed by atoms with Crippen LogP contribution in [-0.2, 0) is 10.5 Å². The van der Waals surface area contributed by atoms with Crippen LogP contribution in [0.15, 0.2) is 69.6 Å². The summed E-state index contributed by atoms with van der Waals surface area (Å²) >= 11 is 2.86. The van der Waals surface area contributed by atoms with Gasteiger partial charge < -0.3 is 9.32 Å². The van der Waals surface area contributed by atoms with Crippen LogP contribution in [0.5, 0.6) is 0 Å².